The molecular weight excluding hydrogens is 268 g/mol. The third kappa shape index (κ3) is 3.19. The lowest BCUT2D eigenvalue weighted by atomic mass is 9.95. The van der Waals surface area contributed by atoms with E-state index in [1.54, 1.807) is 0 Å². The highest BCUT2D eigenvalue weighted by molar-refractivity contribution is 5.95. The molecule has 1 aromatic rings. The summed E-state index contributed by atoms with van der Waals surface area (Å²) in [5.74, 6) is 0.631. The van der Waals surface area contributed by atoms with Crippen molar-refractivity contribution in [2.75, 3.05) is 25.1 Å². The fourth-order valence-electron chi connectivity index (χ4n) is 3.01. The third-order valence-electron chi connectivity index (χ3n) is 4.01. The van der Waals surface area contributed by atoms with E-state index in [0.717, 1.165) is 43.0 Å². The minimum absolute atomic E-state index is 0.0920. The molecule has 1 aromatic carbocycles. The maximum absolute atomic E-state index is 11.5. The normalized spacial score (nSPS) is 22.9. The Hall–Kier alpha value is -1.59. The summed E-state index contributed by atoms with van der Waals surface area (Å²) in [6.45, 7) is 3.90. The van der Waals surface area contributed by atoms with Gasteiger partial charge in [0.15, 0.2) is 6.61 Å². The number of ether oxygens (including phenoxy) is 2. The number of nitrogens with one attached hydrogen (secondary N) is 2. The van der Waals surface area contributed by atoms with Gasteiger partial charge in [-0.2, -0.15) is 0 Å². The van der Waals surface area contributed by atoms with Crippen molar-refractivity contribution in [3.05, 3.63) is 23.8 Å². The molecule has 2 atom stereocenters. The number of benzene rings is 1. The third-order valence-corrected chi connectivity index (χ3v) is 4.01. The molecule has 0 bridgehead atoms. The smallest absolute Gasteiger partial charge is 0.262 e. The first-order valence-electron chi connectivity index (χ1n) is 7.69. The molecule has 3 rings (SSSR count). The van der Waals surface area contributed by atoms with Gasteiger partial charge in [0.1, 0.15) is 5.75 Å². The number of carbonyl (C=O) groups is 1. The lowest BCUT2D eigenvalue weighted by Gasteiger charge is -2.32. The van der Waals surface area contributed by atoms with Crippen molar-refractivity contribution in [1.29, 1.82) is 0 Å². The van der Waals surface area contributed by atoms with E-state index >= 15 is 0 Å². The molecule has 2 N–H and O–H groups in total. The van der Waals surface area contributed by atoms with Gasteiger partial charge in [-0.05, 0) is 43.5 Å². The summed E-state index contributed by atoms with van der Waals surface area (Å²) >= 11 is 0. The van der Waals surface area contributed by atoms with E-state index in [4.69, 9.17) is 9.47 Å². The molecule has 2 unspecified atom stereocenters. The zero-order valence-corrected chi connectivity index (χ0v) is 12.4. The second kappa shape index (κ2) is 6.45. The van der Waals surface area contributed by atoms with Crippen LogP contribution < -0.4 is 15.4 Å². The van der Waals surface area contributed by atoms with Gasteiger partial charge in [-0.3, -0.25) is 4.79 Å². The highest BCUT2D eigenvalue weighted by Gasteiger charge is 2.26. The van der Waals surface area contributed by atoms with Crippen molar-refractivity contribution in [3.8, 4) is 5.75 Å². The molecular formula is C16H22N2O3. The van der Waals surface area contributed by atoms with Gasteiger partial charge in [0.25, 0.3) is 5.91 Å². The summed E-state index contributed by atoms with van der Waals surface area (Å²) in [5, 5.41) is 6.38. The predicted octanol–water partition coefficient (Wildman–Crippen LogP) is 2.24. The van der Waals surface area contributed by atoms with Gasteiger partial charge in [-0.15, -0.1) is 0 Å². The van der Waals surface area contributed by atoms with E-state index in [2.05, 4.69) is 23.6 Å². The van der Waals surface area contributed by atoms with Crippen LogP contribution >= 0.6 is 0 Å². The Bertz CT molecular complexity index is 512. The molecule has 1 saturated heterocycles. The second-order valence-corrected chi connectivity index (χ2v) is 5.53. The molecule has 2 aliphatic rings. The van der Waals surface area contributed by atoms with E-state index in [9.17, 15) is 4.79 Å². The average Bonchev–Trinajstić information content (AvgIpc) is 2.52. The number of hydrogen-bond acceptors (Lipinski definition) is 4. The topological polar surface area (TPSA) is 59.6 Å². The minimum atomic E-state index is -0.103. The van der Waals surface area contributed by atoms with Crippen LogP contribution in [0.4, 0.5) is 5.69 Å². The first kappa shape index (κ1) is 14.4. The van der Waals surface area contributed by atoms with Gasteiger partial charge >= 0.3 is 0 Å². The Labute approximate surface area is 125 Å². The molecule has 0 saturated carbocycles. The van der Waals surface area contributed by atoms with Crippen molar-refractivity contribution in [2.45, 2.75) is 38.3 Å². The summed E-state index contributed by atoms with van der Waals surface area (Å²) in [6.07, 6.45) is 3.61. The van der Waals surface area contributed by atoms with Crippen molar-refractivity contribution < 1.29 is 14.3 Å². The first-order chi connectivity index (χ1) is 10.3. The number of amides is 1. The molecule has 0 radical (unpaired) electrons. The summed E-state index contributed by atoms with van der Waals surface area (Å²) in [5.41, 5.74) is 1.88. The van der Waals surface area contributed by atoms with E-state index in [0.29, 0.717) is 0 Å². The number of carbonyl (C=O) groups excluding carboxylic acids is 1. The van der Waals surface area contributed by atoms with Crippen LogP contribution in [0.3, 0.4) is 0 Å². The van der Waals surface area contributed by atoms with Crippen molar-refractivity contribution in [1.82, 2.24) is 5.32 Å². The highest BCUT2D eigenvalue weighted by atomic mass is 16.5. The zero-order valence-electron chi connectivity index (χ0n) is 12.4. The van der Waals surface area contributed by atoms with Crippen molar-refractivity contribution >= 4 is 11.6 Å². The van der Waals surface area contributed by atoms with Crippen LogP contribution in [0, 0.1) is 0 Å². The molecule has 0 aliphatic carbocycles. The van der Waals surface area contributed by atoms with Gasteiger partial charge in [-0.1, -0.05) is 13.0 Å². The van der Waals surface area contributed by atoms with Crippen LogP contribution in [-0.4, -0.2) is 31.8 Å². The first-order valence-corrected chi connectivity index (χ1v) is 7.69. The van der Waals surface area contributed by atoms with Gasteiger partial charge < -0.3 is 20.1 Å². The Morgan fingerprint density at radius 3 is 3.10 bits per heavy atom. The molecule has 1 amide bonds. The molecule has 2 heterocycles. The quantitative estimate of drug-likeness (QED) is 0.893. The monoisotopic (exact) mass is 290 g/mol. The lowest BCUT2D eigenvalue weighted by molar-refractivity contribution is -0.118. The fourth-order valence-corrected chi connectivity index (χ4v) is 3.01. The maximum atomic E-state index is 11.5. The van der Waals surface area contributed by atoms with Gasteiger partial charge in [0, 0.05) is 6.61 Å². The molecule has 5 heteroatoms. The van der Waals surface area contributed by atoms with Crippen LogP contribution in [0.1, 0.15) is 37.8 Å². The van der Waals surface area contributed by atoms with Crippen LogP contribution in [0.25, 0.3) is 0 Å². The van der Waals surface area contributed by atoms with E-state index in [1.807, 2.05) is 12.1 Å². The molecule has 5 nitrogen and oxygen atoms in total. The molecule has 114 valence electrons. The summed E-state index contributed by atoms with van der Waals surface area (Å²) in [6, 6.07) is 6.13. The SMILES string of the molecule is CCNC(c1ccc2c(c1)NC(=O)CO2)C1CCCCO1. The van der Waals surface area contributed by atoms with E-state index in [-0.39, 0.29) is 24.7 Å². The summed E-state index contributed by atoms with van der Waals surface area (Å²) in [7, 11) is 0. The Morgan fingerprint density at radius 1 is 1.43 bits per heavy atom. The lowest BCUT2D eigenvalue weighted by Crippen LogP contribution is -2.36. The maximum Gasteiger partial charge on any atom is 0.262 e. The predicted molar refractivity (Wildman–Crippen MR) is 80.6 cm³/mol. The number of likely N-dealkylation sites (N-methyl/N-ethyl adjacent to an activating group) is 1. The average molecular weight is 290 g/mol. The molecule has 0 aromatic heterocycles. The van der Waals surface area contributed by atoms with E-state index < -0.39 is 0 Å². The van der Waals surface area contributed by atoms with Gasteiger partial charge in [-0.25, -0.2) is 0 Å². The van der Waals surface area contributed by atoms with Gasteiger partial charge in [0.2, 0.25) is 0 Å². The molecule has 2 aliphatic heterocycles. The van der Waals surface area contributed by atoms with E-state index in [1.165, 1.54) is 6.42 Å². The van der Waals surface area contributed by atoms with Gasteiger partial charge in [0.05, 0.1) is 17.8 Å². The van der Waals surface area contributed by atoms with Crippen LogP contribution in [0.15, 0.2) is 18.2 Å². The van der Waals surface area contributed by atoms with Crippen LogP contribution in [0.5, 0.6) is 5.75 Å². The van der Waals surface area contributed by atoms with Crippen molar-refractivity contribution in [2.24, 2.45) is 0 Å². The highest BCUT2D eigenvalue weighted by Crippen LogP contribution is 2.33. The number of hydrogen-bond donors (Lipinski definition) is 2. The molecule has 21 heavy (non-hydrogen) atoms. The fraction of sp³-hybridized carbons (Fsp3) is 0.562. The Kier molecular flexibility index (Phi) is 4.41. The summed E-state index contributed by atoms with van der Waals surface area (Å²) < 4.78 is 11.3. The number of rotatable bonds is 4. The Balaban J connectivity index is 1.84. The number of anilines is 1. The zero-order chi connectivity index (χ0) is 14.7. The largest absolute Gasteiger partial charge is 0.482 e. The second-order valence-electron chi connectivity index (χ2n) is 5.53. The standard InChI is InChI=1S/C16H22N2O3/c1-2-17-16(14-5-3-4-8-20-14)11-6-7-13-12(9-11)18-15(19)10-21-13/h6-7,9,14,16-17H,2-5,8,10H2,1H3,(H,18,19). The number of fused-ring (bicyclic) bond motifs is 1. The van der Waals surface area contributed by atoms with Crippen LogP contribution in [-0.2, 0) is 9.53 Å². The van der Waals surface area contributed by atoms with Crippen molar-refractivity contribution in [3.63, 3.8) is 0 Å². The molecule has 0 spiro atoms. The molecule has 1 fully saturated rings. The minimum Gasteiger partial charge on any atom is -0.482 e. The Morgan fingerprint density at radius 2 is 2.33 bits per heavy atom. The summed E-state index contributed by atoms with van der Waals surface area (Å²) in [4.78, 5) is 11.5. The van der Waals surface area contributed by atoms with Crippen LogP contribution in [0.2, 0.25) is 0 Å².